The third kappa shape index (κ3) is 2.50. The van der Waals surface area contributed by atoms with Crippen molar-refractivity contribution in [2.45, 2.75) is 13.3 Å². The van der Waals surface area contributed by atoms with Gasteiger partial charge in [-0.1, -0.05) is 13.0 Å². The first kappa shape index (κ1) is 12.0. The average Bonchev–Trinajstić information content (AvgIpc) is 2.26. The van der Waals surface area contributed by atoms with E-state index in [2.05, 4.69) is 0 Å². The summed E-state index contributed by atoms with van der Waals surface area (Å²) in [4.78, 5) is 10.2. The molecule has 5 heteroatoms. The topological polar surface area (TPSA) is 72.6 Å². The Bertz CT molecular complexity index is 426. The van der Waals surface area contributed by atoms with Gasteiger partial charge in [-0.2, -0.15) is 0 Å². The standard InChI is InChI=1S/C11H13NO4/c1-3-8(12(14)15)7-9-10(13)5-4-6-11(9)16-2/h4-7,13H,3H2,1-2H3/b8-7+. The van der Waals surface area contributed by atoms with Crippen molar-refractivity contribution in [3.63, 3.8) is 0 Å². The molecule has 0 amide bonds. The van der Waals surface area contributed by atoms with Crippen LogP contribution >= 0.6 is 0 Å². The normalized spacial score (nSPS) is 11.2. The first-order chi connectivity index (χ1) is 7.60. The molecule has 0 radical (unpaired) electrons. The Kier molecular flexibility index (Phi) is 3.88. The fraction of sp³-hybridized carbons (Fsp3) is 0.273. The van der Waals surface area contributed by atoms with E-state index in [1.54, 1.807) is 19.1 Å². The molecule has 86 valence electrons. The number of benzene rings is 1. The number of nitro groups is 1. The van der Waals surface area contributed by atoms with Crippen LogP contribution in [0.5, 0.6) is 11.5 Å². The largest absolute Gasteiger partial charge is 0.507 e. The number of aromatic hydroxyl groups is 1. The molecule has 1 aromatic rings. The van der Waals surface area contributed by atoms with Gasteiger partial charge in [0, 0.05) is 12.5 Å². The van der Waals surface area contributed by atoms with Crippen LogP contribution < -0.4 is 4.74 Å². The van der Waals surface area contributed by atoms with Crippen LogP contribution in [0, 0.1) is 10.1 Å². The Hall–Kier alpha value is -2.04. The zero-order chi connectivity index (χ0) is 12.1. The minimum atomic E-state index is -0.466. The molecule has 0 aromatic heterocycles. The predicted molar refractivity (Wildman–Crippen MR) is 59.9 cm³/mol. The SMILES string of the molecule is CC/C(=C\c1c(O)cccc1OC)[N+](=O)[O-]. The highest BCUT2D eigenvalue weighted by atomic mass is 16.6. The van der Waals surface area contributed by atoms with Gasteiger partial charge in [0.2, 0.25) is 5.70 Å². The quantitative estimate of drug-likeness (QED) is 0.628. The summed E-state index contributed by atoms with van der Waals surface area (Å²) in [5, 5.41) is 20.3. The third-order valence-corrected chi connectivity index (χ3v) is 2.17. The second kappa shape index (κ2) is 5.16. The summed E-state index contributed by atoms with van der Waals surface area (Å²) in [6.45, 7) is 1.68. The van der Waals surface area contributed by atoms with Crippen LogP contribution in [0.4, 0.5) is 0 Å². The Morgan fingerprint density at radius 3 is 2.81 bits per heavy atom. The number of nitrogens with zero attached hydrogens (tertiary/aromatic N) is 1. The van der Waals surface area contributed by atoms with Gasteiger partial charge < -0.3 is 9.84 Å². The second-order valence-corrected chi connectivity index (χ2v) is 3.14. The minimum absolute atomic E-state index is 0.0276. The molecule has 0 atom stereocenters. The molecule has 0 spiro atoms. The van der Waals surface area contributed by atoms with Gasteiger partial charge in [-0.25, -0.2) is 0 Å². The van der Waals surface area contributed by atoms with Gasteiger partial charge in [-0.05, 0) is 12.1 Å². The lowest BCUT2D eigenvalue weighted by Crippen LogP contribution is -1.97. The molecule has 0 aliphatic heterocycles. The van der Waals surface area contributed by atoms with Gasteiger partial charge in [0.15, 0.2) is 0 Å². The maximum absolute atomic E-state index is 10.7. The van der Waals surface area contributed by atoms with E-state index in [0.717, 1.165) is 0 Å². The highest BCUT2D eigenvalue weighted by Crippen LogP contribution is 2.30. The van der Waals surface area contributed by atoms with Gasteiger partial charge in [0.25, 0.3) is 0 Å². The molecule has 1 N–H and O–H groups in total. The third-order valence-electron chi connectivity index (χ3n) is 2.17. The van der Waals surface area contributed by atoms with E-state index in [0.29, 0.717) is 11.3 Å². The number of methoxy groups -OCH3 is 1. The lowest BCUT2D eigenvalue weighted by Gasteiger charge is -2.06. The number of rotatable bonds is 4. The van der Waals surface area contributed by atoms with E-state index in [4.69, 9.17) is 4.74 Å². The first-order valence-electron chi connectivity index (χ1n) is 4.81. The van der Waals surface area contributed by atoms with Crippen molar-refractivity contribution in [1.29, 1.82) is 0 Å². The monoisotopic (exact) mass is 223 g/mol. The average molecular weight is 223 g/mol. The van der Waals surface area contributed by atoms with Gasteiger partial charge in [0.1, 0.15) is 11.5 Å². The first-order valence-corrected chi connectivity index (χ1v) is 4.81. The van der Waals surface area contributed by atoms with Crippen molar-refractivity contribution in [2.75, 3.05) is 7.11 Å². The number of hydrogen-bond acceptors (Lipinski definition) is 4. The summed E-state index contributed by atoms with van der Waals surface area (Å²) in [7, 11) is 1.45. The van der Waals surface area contributed by atoms with Crippen LogP contribution in [-0.2, 0) is 0 Å². The van der Waals surface area contributed by atoms with Crippen LogP contribution in [0.1, 0.15) is 18.9 Å². The Morgan fingerprint density at radius 1 is 1.62 bits per heavy atom. The summed E-state index contributed by atoms with van der Waals surface area (Å²) in [6.07, 6.45) is 1.61. The second-order valence-electron chi connectivity index (χ2n) is 3.14. The summed E-state index contributed by atoms with van der Waals surface area (Å²) < 4.78 is 5.02. The van der Waals surface area contributed by atoms with Crippen molar-refractivity contribution >= 4 is 6.08 Å². The van der Waals surface area contributed by atoms with E-state index in [-0.39, 0.29) is 17.9 Å². The van der Waals surface area contributed by atoms with Crippen molar-refractivity contribution in [3.8, 4) is 11.5 Å². The molecule has 0 saturated heterocycles. The molecule has 1 aromatic carbocycles. The van der Waals surface area contributed by atoms with E-state index >= 15 is 0 Å². The van der Waals surface area contributed by atoms with Crippen LogP contribution in [0.3, 0.4) is 0 Å². The summed E-state index contributed by atoms with van der Waals surface area (Å²) in [6, 6.07) is 4.71. The molecule has 0 saturated carbocycles. The molecule has 1 rings (SSSR count). The van der Waals surface area contributed by atoms with Crippen LogP contribution in [0.25, 0.3) is 6.08 Å². The van der Waals surface area contributed by atoms with Crippen molar-refractivity contribution in [2.24, 2.45) is 0 Å². The minimum Gasteiger partial charge on any atom is -0.507 e. The predicted octanol–water partition coefficient (Wildman–Crippen LogP) is 2.43. The Labute approximate surface area is 93.1 Å². The number of phenols is 1. The van der Waals surface area contributed by atoms with E-state index < -0.39 is 4.92 Å². The lowest BCUT2D eigenvalue weighted by molar-refractivity contribution is -0.425. The summed E-state index contributed by atoms with van der Waals surface area (Å²) in [5.41, 5.74) is 0.360. The van der Waals surface area contributed by atoms with E-state index in [1.807, 2.05) is 0 Å². The zero-order valence-electron chi connectivity index (χ0n) is 9.14. The fourth-order valence-electron chi connectivity index (χ4n) is 1.31. The van der Waals surface area contributed by atoms with Crippen molar-refractivity contribution in [1.82, 2.24) is 0 Å². The maximum Gasteiger partial charge on any atom is 0.246 e. The zero-order valence-corrected chi connectivity index (χ0v) is 9.14. The van der Waals surface area contributed by atoms with Gasteiger partial charge >= 0.3 is 0 Å². The molecule has 0 heterocycles. The van der Waals surface area contributed by atoms with Crippen LogP contribution in [0.15, 0.2) is 23.9 Å². The van der Waals surface area contributed by atoms with Gasteiger partial charge in [0.05, 0.1) is 17.6 Å². The summed E-state index contributed by atoms with van der Waals surface area (Å²) in [5.74, 6) is 0.375. The smallest absolute Gasteiger partial charge is 0.246 e. The van der Waals surface area contributed by atoms with Crippen molar-refractivity contribution in [3.05, 3.63) is 39.6 Å². The number of ether oxygens (including phenoxy) is 1. The van der Waals surface area contributed by atoms with Crippen LogP contribution in [0.2, 0.25) is 0 Å². The Morgan fingerprint density at radius 2 is 2.31 bits per heavy atom. The Balaban J connectivity index is 3.26. The molecule has 5 nitrogen and oxygen atoms in total. The molecular formula is C11H13NO4. The molecule has 0 fully saturated rings. The number of allylic oxidation sites excluding steroid dienone is 1. The number of phenolic OH excluding ortho intramolecular Hbond substituents is 1. The molecule has 16 heavy (non-hydrogen) atoms. The molecular weight excluding hydrogens is 210 g/mol. The van der Waals surface area contributed by atoms with Crippen LogP contribution in [-0.4, -0.2) is 17.1 Å². The van der Waals surface area contributed by atoms with Gasteiger partial charge in [-0.3, -0.25) is 10.1 Å². The maximum atomic E-state index is 10.7. The van der Waals surface area contributed by atoms with E-state index in [1.165, 1.54) is 19.3 Å². The summed E-state index contributed by atoms with van der Waals surface area (Å²) >= 11 is 0. The lowest BCUT2D eigenvalue weighted by atomic mass is 10.1. The van der Waals surface area contributed by atoms with Gasteiger partial charge in [-0.15, -0.1) is 0 Å². The van der Waals surface area contributed by atoms with Crippen molar-refractivity contribution < 1.29 is 14.8 Å². The molecule has 0 bridgehead atoms. The highest BCUT2D eigenvalue weighted by Gasteiger charge is 2.12. The number of hydrogen-bond donors (Lipinski definition) is 1. The highest BCUT2D eigenvalue weighted by molar-refractivity contribution is 5.64. The fourth-order valence-corrected chi connectivity index (χ4v) is 1.31. The molecule has 0 unspecified atom stereocenters. The molecule has 0 aliphatic rings. The van der Waals surface area contributed by atoms with E-state index in [9.17, 15) is 15.2 Å². The molecule has 0 aliphatic carbocycles.